The fourth-order valence-corrected chi connectivity index (χ4v) is 6.17. The first kappa shape index (κ1) is 20.7. The number of nitrogens with zero attached hydrogens (tertiary/aromatic N) is 3. The van der Waals surface area contributed by atoms with Gasteiger partial charge >= 0.3 is 6.03 Å². The second kappa shape index (κ2) is 9.06. The van der Waals surface area contributed by atoms with Crippen molar-refractivity contribution in [3.8, 4) is 0 Å². The fraction of sp³-hybridized carbons (Fsp3) is 0.636. The summed E-state index contributed by atoms with van der Waals surface area (Å²) >= 11 is 2.02. The molecular weight excluding hydrogens is 386 g/mol. The van der Waals surface area contributed by atoms with E-state index in [9.17, 15) is 9.59 Å². The van der Waals surface area contributed by atoms with Crippen molar-refractivity contribution >= 4 is 23.7 Å². The maximum Gasteiger partial charge on any atom is 0.327 e. The Morgan fingerprint density at radius 3 is 2.59 bits per heavy atom. The molecule has 1 aromatic carbocycles. The highest BCUT2D eigenvalue weighted by Gasteiger charge is 2.57. The van der Waals surface area contributed by atoms with E-state index in [1.165, 1.54) is 22.8 Å². The summed E-state index contributed by atoms with van der Waals surface area (Å²) in [5.41, 5.74) is 0.311. The highest BCUT2D eigenvalue weighted by Crippen LogP contribution is 2.39. The first-order chi connectivity index (χ1) is 14.2. The van der Waals surface area contributed by atoms with Crippen molar-refractivity contribution in [2.75, 3.05) is 44.9 Å². The minimum absolute atomic E-state index is 0.00998. The van der Waals surface area contributed by atoms with Crippen LogP contribution in [0, 0.1) is 0 Å². The second-order valence-corrected chi connectivity index (χ2v) is 9.39. The van der Waals surface area contributed by atoms with E-state index in [4.69, 9.17) is 4.74 Å². The van der Waals surface area contributed by atoms with Gasteiger partial charge in [0.05, 0.1) is 6.54 Å². The van der Waals surface area contributed by atoms with Gasteiger partial charge in [-0.25, -0.2) is 4.79 Å². The number of hydrogen-bond donors (Lipinski definition) is 0. The average Bonchev–Trinajstić information content (AvgIpc) is 3.35. The molecule has 3 aliphatic heterocycles. The molecule has 4 rings (SSSR count). The van der Waals surface area contributed by atoms with Crippen molar-refractivity contribution in [3.05, 3.63) is 35.9 Å². The third-order valence-electron chi connectivity index (χ3n) is 6.58. The number of piperidine rings is 1. The van der Waals surface area contributed by atoms with Crippen LogP contribution in [0.4, 0.5) is 4.79 Å². The van der Waals surface area contributed by atoms with E-state index in [1.54, 1.807) is 7.11 Å². The molecule has 1 atom stereocenters. The van der Waals surface area contributed by atoms with Gasteiger partial charge in [-0.15, -0.1) is 0 Å². The maximum atomic E-state index is 13.6. The van der Waals surface area contributed by atoms with E-state index in [-0.39, 0.29) is 11.9 Å². The molecular formula is C22H31N3O3S. The molecule has 158 valence electrons. The number of carbonyl (C=O) groups excluding carboxylic acids is 2. The molecule has 3 fully saturated rings. The zero-order valence-electron chi connectivity index (χ0n) is 17.2. The molecule has 3 heterocycles. The van der Waals surface area contributed by atoms with Crippen molar-refractivity contribution in [2.45, 2.75) is 43.8 Å². The number of urea groups is 1. The second-order valence-electron chi connectivity index (χ2n) is 8.24. The molecule has 1 unspecified atom stereocenters. The Morgan fingerprint density at radius 2 is 1.93 bits per heavy atom. The Bertz CT molecular complexity index is 715. The Labute approximate surface area is 177 Å². The summed E-state index contributed by atoms with van der Waals surface area (Å²) in [5.74, 6) is 2.42. The lowest BCUT2D eigenvalue weighted by molar-refractivity contribution is -0.136. The summed E-state index contributed by atoms with van der Waals surface area (Å²) in [5, 5.41) is 0. The van der Waals surface area contributed by atoms with Gasteiger partial charge in [0.25, 0.3) is 5.91 Å². The third-order valence-corrected chi connectivity index (χ3v) is 7.73. The molecule has 3 saturated heterocycles. The number of ether oxygens (including phenoxy) is 1. The standard InChI is InChI=1S/C22H31N3O3S/c1-28-14-5-11-25-21(27)24(16-18-6-3-2-4-7-18)20(26)22(25)9-12-23(13-10-22)19-8-15-29-17-19/h2-4,6-7,19H,5,8-17H2,1H3. The molecule has 1 spiro atoms. The zero-order chi connectivity index (χ0) is 20.3. The maximum absolute atomic E-state index is 13.6. The first-order valence-electron chi connectivity index (χ1n) is 10.6. The molecule has 0 radical (unpaired) electrons. The number of likely N-dealkylation sites (tertiary alicyclic amines) is 1. The number of thioether (sulfide) groups is 1. The SMILES string of the molecule is COCCCN1C(=O)N(Cc2ccccc2)C(=O)C12CCN(C1CCSC1)CC2. The van der Waals surface area contributed by atoms with Crippen molar-refractivity contribution in [3.63, 3.8) is 0 Å². The van der Waals surface area contributed by atoms with Crippen LogP contribution in [0.25, 0.3) is 0 Å². The van der Waals surface area contributed by atoms with Crippen LogP contribution in [-0.4, -0.2) is 83.1 Å². The highest BCUT2D eigenvalue weighted by molar-refractivity contribution is 7.99. The highest BCUT2D eigenvalue weighted by atomic mass is 32.2. The first-order valence-corrected chi connectivity index (χ1v) is 11.8. The van der Waals surface area contributed by atoms with Crippen LogP contribution in [0.3, 0.4) is 0 Å². The lowest BCUT2D eigenvalue weighted by Crippen LogP contribution is -2.58. The molecule has 7 heteroatoms. The zero-order valence-corrected chi connectivity index (χ0v) is 18.0. The van der Waals surface area contributed by atoms with Gasteiger partial charge in [0, 0.05) is 45.1 Å². The Hall–Kier alpha value is -1.57. The van der Waals surface area contributed by atoms with Crippen LogP contribution in [0.5, 0.6) is 0 Å². The predicted octanol–water partition coefficient (Wildman–Crippen LogP) is 2.83. The average molecular weight is 418 g/mol. The van der Waals surface area contributed by atoms with Gasteiger partial charge in [-0.3, -0.25) is 14.6 Å². The number of carbonyl (C=O) groups is 2. The van der Waals surface area contributed by atoms with E-state index < -0.39 is 5.54 Å². The van der Waals surface area contributed by atoms with Gasteiger partial charge in [0.1, 0.15) is 5.54 Å². The van der Waals surface area contributed by atoms with Gasteiger partial charge in [0.15, 0.2) is 0 Å². The number of benzene rings is 1. The molecule has 3 aliphatic rings. The van der Waals surface area contributed by atoms with Crippen LogP contribution in [0.2, 0.25) is 0 Å². The van der Waals surface area contributed by atoms with E-state index in [0.717, 1.165) is 37.9 Å². The van der Waals surface area contributed by atoms with E-state index >= 15 is 0 Å². The number of rotatable bonds is 7. The summed E-state index contributed by atoms with van der Waals surface area (Å²) in [6.07, 6.45) is 3.45. The van der Waals surface area contributed by atoms with E-state index in [2.05, 4.69) is 4.90 Å². The van der Waals surface area contributed by atoms with Crippen molar-refractivity contribution in [1.82, 2.24) is 14.7 Å². The summed E-state index contributed by atoms with van der Waals surface area (Å²) in [4.78, 5) is 32.7. The molecule has 0 bridgehead atoms. The van der Waals surface area contributed by atoms with Crippen LogP contribution < -0.4 is 0 Å². The molecule has 6 nitrogen and oxygen atoms in total. The lowest BCUT2D eigenvalue weighted by atomic mass is 9.85. The van der Waals surface area contributed by atoms with Gasteiger partial charge in [-0.1, -0.05) is 30.3 Å². The molecule has 3 amide bonds. The quantitative estimate of drug-likeness (QED) is 0.504. The minimum atomic E-state index is -0.679. The van der Waals surface area contributed by atoms with Crippen molar-refractivity contribution in [1.29, 1.82) is 0 Å². The smallest absolute Gasteiger partial charge is 0.327 e. The Kier molecular flexibility index (Phi) is 6.47. The predicted molar refractivity (Wildman–Crippen MR) is 115 cm³/mol. The minimum Gasteiger partial charge on any atom is -0.385 e. The number of imide groups is 1. The molecule has 0 saturated carbocycles. The molecule has 1 aromatic rings. The summed E-state index contributed by atoms with van der Waals surface area (Å²) in [7, 11) is 1.67. The van der Waals surface area contributed by atoms with E-state index in [1.807, 2.05) is 47.0 Å². The fourth-order valence-electron chi connectivity index (χ4n) is 4.92. The van der Waals surface area contributed by atoms with Gasteiger partial charge in [-0.05, 0) is 37.0 Å². The third kappa shape index (κ3) is 4.05. The number of methoxy groups -OCH3 is 1. The van der Waals surface area contributed by atoms with Gasteiger partial charge in [0.2, 0.25) is 0 Å². The van der Waals surface area contributed by atoms with Crippen LogP contribution >= 0.6 is 11.8 Å². The number of hydrogen-bond acceptors (Lipinski definition) is 5. The summed E-state index contributed by atoms with van der Waals surface area (Å²) in [6, 6.07) is 10.3. The molecule has 0 aromatic heterocycles. The van der Waals surface area contributed by atoms with Gasteiger partial charge < -0.3 is 9.64 Å². The summed E-state index contributed by atoms with van der Waals surface area (Å²) in [6.45, 7) is 3.31. The molecule has 0 N–H and O–H groups in total. The summed E-state index contributed by atoms with van der Waals surface area (Å²) < 4.78 is 5.20. The molecule has 29 heavy (non-hydrogen) atoms. The topological polar surface area (TPSA) is 53.1 Å². The normalized spacial score (nSPS) is 24.8. The Morgan fingerprint density at radius 1 is 1.17 bits per heavy atom. The number of amides is 3. The van der Waals surface area contributed by atoms with Crippen LogP contribution in [-0.2, 0) is 16.1 Å². The van der Waals surface area contributed by atoms with Crippen molar-refractivity contribution in [2.24, 2.45) is 0 Å². The Balaban J connectivity index is 1.52. The largest absolute Gasteiger partial charge is 0.385 e. The monoisotopic (exact) mass is 417 g/mol. The van der Waals surface area contributed by atoms with Gasteiger partial charge in [-0.2, -0.15) is 11.8 Å². The van der Waals surface area contributed by atoms with Crippen LogP contribution in [0.15, 0.2) is 30.3 Å². The van der Waals surface area contributed by atoms with Crippen LogP contribution in [0.1, 0.15) is 31.2 Å². The van der Waals surface area contributed by atoms with E-state index in [0.29, 0.717) is 25.7 Å². The van der Waals surface area contributed by atoms with Crippen molar-refractivity contribution < 1.29 is 14.3 Å². The lowest BCUT2D eigenvalue weighted by Gasteiger charge is -2.44. The molecule has 0 aliphatic carbocycles.